The van der Waals surface area contributed by atoms with Crippen LogP contribution >= 0.6 is 11.3 Å². The van der Waals surface area contributed by atoms with Crippen molar-refractivity contribution in [1.29, 1.82) is 0 Å². The predicted molar refractivity (Wildman–Crippen MR) is 120 cm³/mol. The summed E-state index contributed by atoms with van der Waals surface area (Å²) in [5.41, 5.74) is 3.95. The zero-order valence-electron chi connectivity index (χ0n) is 16.7. The first-order valence-corrected chi connectivity index (χ1v) is 10.6. The van der Waals surface area contributed by atoms with Gasteiger partial charge in [-0.25, -0.2) is 14.6 Å². The van der Waals surface area contributed by atoms with E-state index in [1.54, 1.807) is 34.6 Å². The molecule has 0 radical (unpaired) electrons. The van der Waals surface area contributed by atoms with E-state index in [2.05, 4.69) is 25.4 Å². The lowest BCUT2D eigenvalue weighted by molar-refractivity contribution is 0.0950. The van der Waals surface area contributed by atoms with Gasteiger partial charge in [0.25, 0.3) is 5.91 Å². The van der Waals surface area contributed by atoms with Gasteiger partial charge in [-0.05, 0) is 37.3 Å². The summed E-state index contributed by atoms with van der Waals surface area (Å²) in [6.45, 7) is 2.21. The highest BCUT2D eigenvalue weighted by atomic mass is 32.1. The molecule has 5 aromatic rings. The molecule has 7 nitrogen and oxygen atoms in total. The lowest BCUT2D eigenvalue weighted by Crippen LogP contribution is -2.23. The molecule has 0 unspecified atom stereocenters. The van der Waals surface area contributed by atoms with Crippen LogP contribution in [0.25, 0.3) is 27.3 Å². The quantitative estimate of drug-likeness (QED) is 0.456. The molecule has 0 atom stereocenters. The van der Waals surface area contributed by atoms with Gasteiger partial charge in [0.05, 0.1) is 35.2 Å². The van der Waals surface area contributed by atoms with Gasteiger partial charge < -0.3 is 5.32 Å². The summed E-state index contributed by atoms with van der Waals surface area (Å²) in [5.74, 6) is 0.486. The number of thiazole rings is 1. The molecule has 8 heteroatoms. The van der Waals surface area contributed by atoms with Crippen LogP contribution < -0.4 is 5.32 Å². The highest BCUT2D eigenvalue weighted by Crippen LogP contribution is 2.23. The molecule has 0 aliphatic heterocycles. The smallest absolute Gasteiger partial charge is 0.255 e. The van der Waals surface area contributed by atoms with Crippen LogP contribution in [0.1, 0.15) is 21.7 Å². The molecule has 1 amide bonds. The van der Waals surface area contributed by atoms with E-state index in [9.17, 15) is 4.79 Å². The second kappa shape index (κ2) is 8.08. The third-order valence-electron chi connectivity index (χ3n) is 4.96. The van der Waals surface area contributed by atoms with Crippen molar-refractivity contribution in [2.75, 3.05) is 0 Å². The van der Waals surface area contributed by atoms with Crippen molar-refractivity contribution in [2.45, 2.75) is 13.5 Å². The van der Waals surface area contributed by atoms with Crippen LogP contribution in [-0.4, -0.2) is 30.6 Å². The van der Waals surface area contributed by atoms with E-state index >= 15 is 0 Å². The van der Waals surface area contributed by atoms with E-state index in [4.69, 9.17) is 0 Å². The van der Waals surface area contributed by atoms with Crippen LogP contribution in [0.4, 0.5) is 0 Å². The summed E-state index contributed by atoms with van der Waals surface area (Å²) in [6, 6.07) is 15.6. The second-order valence-corrected chi connectivity index (χ2v) is 7.84. The molecule has 5 rings (SSSR count). The molecule has 4 aromatic heterocycles. The van der Waals surface area contributed by atoms with Gasteiger partial charge in [-0.1, -0.05) is 18.2 Å². The lowest BCUT2D eigenvalue weighted by Gasteiger charge is -2.06. The van der Waals surface area contributed by atoms with Gasteiger partial charge in [0.15, 0.2) is 5.82 Å². The van der Waals surface area contributed by atoms with Gasteiger partial charge in [0.2, 0.25) is 0 Å². The normalized spacial score (nSPS) is 11.0. The van der Waals surface area contributed by atoms with Crippen molar-refractivity contribution in [3.63, 3.8) is 0 Å². The predicted octanol–water partition coefficient (Wildman–Crippen LogP) is 4.18. The Morgan fingerprint density at radius 1 is 1.06 bits per heavy atom. The Balaban J connectivity index is 1.31. The SMILES string of the molecule is Cc1c(C(=O)NCc2csc(-c3ccncc3)n2)cnn1-c1ccc2ccccc2n1. The molecular formula is C23H18N6OS. The number of pyridine rings is 2. The molecule has 31 heavy (non-hydrogen) atoms. The van der Waals surface area contributed by atoms with Gasteiger partial charge in [-0.3, -0.25) is 9.78 Å². The number of carbonyl (C=O) groups excluding carboxylic acids is 1. The van der Waals surface area contributed by atoms with E-state index in [1.807, 2.05) is 60.8 Å². The minimum atomic E-state index is -0.192. The summed E-state index contributed by atoms with van der Waals surface area (Å²) < 4.78 is 1.69. The van der Waals surface area contributed by atoms with Crippen molar-refractivity contribution >= 4 is 28.1 Å². The van der Waals surface area contributed by atoms with Crippen LogP contribution in [0.15, 0.2) is 72.5 Å². The zero-order chi connectivity index (χ0) is 21.2. The molecule has 0 aliphatic carbocycles. The number of fused-ring (bicyclic) bond motifs is 1. The molecule has 0 bridgehead atoms. The molecule has 1 aromatic carbocycles. The van der Waals surface area contributed by atoms with E-state index < -0.39 is 0 Å². The summed E-state index contributed by atoms with van der Waals surface area (Å²) in [4.78, 5) is 26.0. The maximum atomic E-state index is 12.8. The first-order chi connectivity index (χ1) is 15.2. The van der Waals surface area contributed by atoms with Crippen LogP contribution in [0.3, 0.4) is 0 Å². The Morgan fingerprint density at radius 3 is 2.77 bits per heavy atom. The molecular weight excluding hydrogens is 408 g/mol. The molecule has 152 valence electrons. The van der Waals surface area contributed by atoms with E-state index in [0.29, 0.717) is 17.9 Å². The van der Waals surface area contributed by atoms with E-state index in [-0.39, 0.29) is 5.91 Å². The molecule has 4 heterocycles. The fourth-order valence-corrected chi connectivity index (χ4v) is 4.14. The molecule has 0 saturated heterocycles. The van der Waals surface area contributed by atoms with Crippen LogP contribution in [0.2, 0.25) is 0 Å². The van der Waals surface area contributed by atoms with Crippen LogP contribution in [0, 0.1) is 6.92 Å². The van der Waals surface area contributed by atoms with Gasteiger partial charge in [-0.2, -0.15) is 5.10 Å². The molecule has 0 aliphatic rings. The number of rotatable bonds is 5. The number of amides is 1. The minimum Gasteiger partial charge on any atom is -0.346 e. The van der Waals surface area contributed by atoms with E-state index in [1.165, 1.54) is 0 Å². The summed E-state index contributed by atoms with van der Waals surface area (Å²) >= 11 is 1.54. The highest BCUT2D eigenvalue weighted by Gasteiger charge is 2.16. The van der Waals surface area contributed by atoms with Crippen LogP contribution in [-0.2, 0) is 6.54 Å². The Labute approximate surface area is 182 Å². The van der Waals surface area contributed by atoms with Crippen LogP contribution in [0.5, 0.6) is 0 Å². The Kier molecular flexibility index (Phi) is 4.97. The van der Waals surface area contributed by atoms with Gasteiger partial charge >= 0.3 is 0 Å². The number of carbonyl (C=O) groups is 1. The van der Waals surface area contributed by atoms with Crippen molar-refractivity contribution in [1.82, 2.24) is 30.0 Å². The van der Waals surface area contributed by atoms with Gasteiger partial charge in [-0.15, -0.1) is 11.3 Å². The maximum absolute atomic E-state index is 12.8. The highest BCUT2D eigenvalue weighted by molar-refractivity contribution is 7.13. The largest absolute Gasteiger partial charge is 0.346 e. The minimum absolute atomic E-state index is 0.192. The number of aromatic nitrogens is 5. The third kappa shape index (κ3) is 3.80. The molecule has 0 saturated carbocycles. The third-order valence-corrected chi connectivity index (χ3v) is 5.90. The average molecular weight is 427 g/mol. The number of nitrogens with zero attached hydrogens (tertiary/aromatic N) is 5. The Bertz CT molecular complexity index is 1380. The summed E-state index contributed by atoms with van der Waals surface area (Å²) in [7, 11) is 0. The Morgan fingerprint density at radius 2 is 1.90 bits per heavy atom. The number of benzene rings is 1. The zero-order valence-corrected chi connectivity index (χ0v) is 17.5. The number of para-hydroxylation sites is 1. The molecule has 0 fully saturated rings. The molecule has 1 N–H and O–H groups in total. The molecule has 0 spiro atoms. The Hall–Kier alpha value is -3.91. The second-order valence-electron chi connectivity index (χ2n) is 6.98. The first-order valence-electron chi connectivity index (χ1n) is 9.73. The standard InChI is InChI=1S/C23H18N6OS/c1-15-19(13-26-29(15)21-7-6-16-4-2-3-5-20(16)28-21)22(30)25-12-18-14-31-23(27-18)17-8-10-24-11-9-17/h2-11,13-14H,12H2,1H3,(H,25,30). The topological polar surface area (TPSA) is 85.6 Å². The summed E-state index contributed by atoms with van der Waals surface area (Å²) in [5, 5.41) is 11.2. The van der Waals surface area contributed by atoms with Gasteiger partial charge in [0.1, 0.15) is 5.01 Å². The van der Waals surface area contributed by atoms with Crippen molar-refractivity contribution < 1.29 is 4.79 Å². The summed E-state index contributed by atoms with van der Waals surface area (Å²) in [6.07, 6.45) is 5.05. The van der Waals surface area contributed by atoms with Crippen molar-refractivity contribution in [2.24, 2.45) is 0 Å². The fraction of sp³-hybridized carbons (Fsp3) is 0.0870. The van der Waals surface area contributed by atoms with Crippen molar-refractivity contribution in [3.8, 4) is 16.4 Å². The number of hydrogen-bond donors (Lipinski definition) is 1. The fourth-order valence-electron chi connectivity index (χ4n) is 3.32. The lowest BCUT2D eigenvalue weighted by atomic mass is 10.2. The van der Waals surface area contributed by atoms with Gasteiger partial charge in [0, 0.05) is 28.7 Å². The number of nitrogens with one attached hydrogen (secondary N) is 1. The average Bonchev–Trinajstić information content (AvgIpc) is 3.45. The van der Waals surface area contributed by atoms with Crippen molar-refractivity contribution in [3.05, 3.63) is 89.5 Å². The maximum Gasteiger partial charge on any atom is 0.255 e. The number of hydrogen-bond acceptors (Lipinski definition) is 6. The first kappa shape index (κ1) is 19.1. The van der Waals surface area contributed by atoms with E-state index in [0.717, 1.165) is 32.9 Å². The monoisotopic (exact) mass is 426 g/mol.